The molecule has 0 unspecified atom stereocenters. The van der Waals surface area contributed by atoms with Crippen LogP contribution < -0.4 is 5.32 Å². The van der Waals surface area contributed by atoms with Crippen molar-refractivity contribution in [2.24, 2.45) is 7.05 Å². The molecule has 2 heterocycles. The van der Waals surface area contributed by atoms with E-state index in [2.05, 4.69) is 20.8 Å². The van der Waals surface area contributed by atoms with Gasteiger partial charge in [-0.15, -0.1) is 23.5 Å². The number of tetrazole rings is 1. The summed E-state index contributed by atoms with van der Waals surface area (Å²) in [5.74, 6) is 3.26. The van der Waals surface area contributed by atoms with Gasteiger partial charge < -0.3 is 5.32 Å². The molecule has 0 saturated carbocycles. The lowest BCUT2D eigenvalue weighted by molar-refractivity contribution is 0.713. The van der Waals surface area contributed by atoms with Crippen molar-refractivity contribution in [3.8, 4) is 0 Å². The number of aromatic nitrogens is 4. The fourth-order valence-electron chi connectivity index (χ4n) is 1.08. The zero-order valence-electron chi connectivity index (χ0n) is 7.30. The summed E-state index contributed by atoms with van der Waals surface area (Å²) in [6.07, 6.45) is 0. The molecule has 2 rings (SSSR count). The topological polar surface area (TPSA) is 55.6 Å². The Balaban J connectivity index is 1.82. The van der Waals surface area contributed by atoms with E-state index in [1.807, 2.05) is 30.6 Å². The smallest absolute Gasteiger partial charge is 0.242 e. The molecule has 5 nitrogen and oxygen atoms in total. The minimum absolute atomic E-state index is 0.650. The molecule has 1 fully saturated rings. The van der Waals surface area contributed by atoms with Crippen LogP contribution in [0.1, 0.15) is 0 Å². The maximum Gasteiger partial charge on any atom is 0.242 e. The van der Waals surface area contributed by atoms with E-state index >= 15 is 0 Å². The van der Waals surface area contributed by atoms with Crippen LogP contribution in [0.3, 0.4) is 0 Å². The third-order valence-corrected chi connectivity index (χ3v) is 4.77. The lowest BCUT2D eigenvalue weighted by Gasteiger charge is -2.08. The first-order chi connectivity index (χ1) is 6.36. The van der Waals surface area contributed by atoms with Crippen LogP contribution in [-0.2, 0) is 7.05 Å². The van der Waals surface area contributed by atoms with E-state index in [0.717, 1.165) is 12.5 Å². The molecular weight excluding hydrogens is 206 g/mol. The van der Waals surface area contributed by atoms with Gasteiger partial charge >= 0.3 is 0 Å². The van der Waals surface area contributed by atoms with Gasteiger partial charge in [-0.1, -0.05) is 5.10 Å². The minimum atomic E-state index is 0.650. The maximum atomic E-state index is 3.85. The lowest BCUT2D eigenvalue weighted by atomic mass is 10.7. The Kier molecular flexibility index (Phi) is 2.94. The van der Waals surface area contributed by atoms with Gasteiger partial charge in [0.1, 0.15) is 0 Å². The Morgan fingerprint density at radius 1 is 1.54 bits per heavy atom. The van der Waals surface area contributed by atoms with Gasteiger partial charge in [0.25, 0.3) is 0 Å². The van der Waals surface area contributed by atoms with Crippen LogP contribution >= 0.6 is 23.5 Å². The standard InChI is InChI=1S/C6H11N5S2/c1-11-6(8-9-10-11)7-4-5-12-2-3-13-5/h5H,2-4H2,1H3,(H,7,8,10). The minimum Gasteiger partial charge on any atom is -0.351 e. The van der Waals surface area contributed by atoms with Gasteiger partial charge in [-0.3, -0.25) is 0 Å². The summed E-state index contributed by atoms with van der Waals surface area (Å²) in [4.78, 5) is 0. The van der Waals surface area contributed by atoms with E-state index in [-0.39, 0.29) is 0 Å². The molecule has 1 aliphatic rings. The molecule has 0 radical (unpaired) electrons. The van der Waals surface area contributed by atoms with Crippen molar-refractivity contribution in [2.75, 3.05) is 23.4 Å². The Morgan fingerprint density at radius 3 is 2.92 bits per heavy atom. The normalized spacial score (nSPS) is 17.9. The quantitative estimate of drug-likeness (QED) is 0.792. The first-order valence-corrected chi connectivity index (χ1v) is 6.15. The van der Waals surface area contributed by atoms with Gasteiger partial charge in [0.15, 0.2) is 0 Å². The highest BCUT2D eigenvalue weighted by Gasteiger charge is 2.16. The number of rotatable bonds is 3. The molecule has 0 aromatic carbocycles. The van der Waals surface area contributed by atoms with E-state index in [1.165, 1.54) is 11.5 Å². The average molecular weight is 217 g/mol. The molecule has 1 aromatic rings. The van der Waals surface area contributed by atoms with Crippen LogP contribution in [-0.4, -0.2) is 42.8 Å². The SMILES string of the molecule is Cn1nnnc1NCC1SCCS1. The number of thioether (sulfide) groups is 2. The molecule has 1 aromatic heterocycles. The van der Waals surface area contributed by atoms with Crippen molar-refractivity contribution in [3.05, 3.63) is 0 Å². The van der Waals surface area contributed by atoms with Gasteiger partial charge in [0.05, 0.1) is 4.58 Å². The molecule has 0 amide bonds. The Labute approximate surface area is 85.0 Å². The monoisotopic (exact) mass is 217 g/mol. The average Bonchev–Trinajstić information content (AvgIpc) is 2.72. The zero-order valence-corrected chi connectivity index (χ0v) is 8.94. The van der Waals surface area contributed by atoms with Gasteiger partial charge in [-0.2, -0.15) is 0 Å². The highest BCUT2D eigenvalue weighted by atomic mass is 32.2. The molecule has 0 spiro atoms. The van der Waals surface area contributed by atoms with Crippen molar-refractivity contribution in [1.29, 1.82) is 0 Å². The number of aryl methyl sites for hydroxylation is 1. The fraction of sp³-hybridized carbons (Fsp3) is 0.833. The highest BCUT2D eigenvalue weighted by molar-refractivity contribution is 8.20. The molecule has 0 aliphatic carbocycles. The number of anilines is 1. The third kappa shape index (κ3) is 2.28. The maximum absolute atomic E-state index is 3.85. The highest BCUT2D eigenvalue weighted by Crippen LogP contribution is 2.31. The first-order valence-electron chi connectivity index (χ1n) is 4.05. The van der Waals surface area contributed by atoms with Crippen LogP contribution in [0, 0.1) is 0 Å². The summed E-state index contributed by atoms with van der Waals surface area (Å²) >= 11 is 3.99. The van der Waals surface area contributed by atoms with E-state index in [4.69, 9.17) is 0 Å². The number of hydrogen-bond donors (Lipinski definition) is 1. The molecule has 1 saturated heterocycles. The molecule has 0 atom stereocenters. The van der Waals surface area contributed by atoms with Crippen LogP contribution in [0.4, 0.5) is 5.95 Å². The van der Waals surface area contributed by atoms with Crippen molar-refractivity contribution >= 4 is 29.5 Å². The summed E-state index contributed by atoms with van der Waals surface area (Å²) in [6.45, 7) is 0.934. The molecule has 13 heavy (non-hydrogen) atoms. The fourth-order valence-corrected chi connectivity index (χ4v) is 3.74. The summed E-state index contributed by atoms with van der Waals surface area (Å²) in [7, 11) is 1.83. The van der Waals surface area contributed by atoms with Gasteiger partial charge in [-0.05, 0) is 10.4 Å². The Hall–Kier alpha value is -0.430. The van der Waals surface area contributed by atoms with Crippen LogP contribution in [0.2, 0.25) is 0 Å². The second kappa shape index (κ2) is 4.19. The van der Waals surface area contributed by atoms with Crippen molar-refractivity contribution in [1.82, 2.24) is 20.2 Å². The lowest BCUT2D eigenvalue weighted by Crippen LogP contribution is -2.14. The predicted octanol–water partition coefficient (Wildman–Crippen LogP) is 0.428. The predicted molar refractivity (Wildman–Crippen MR) is 56.0 cm³/mol. The van der Waals surface area contributed by atoms with Gasteiger partial charge in [-0.25, -0.2) is 4.68 Å². The Morgan fingerprint density at radius 2 is 2.31 bits per heavy atom. The largest absolute Gasteiger partial charge is 0.351 e. The van der Waals surface area contributed by atoms with E-state index in [0.29, 0.717) is 4.58 Å². The van der Waals surface area contributed by atoms with Gasteiger partial charge in [0, 0.05) is 25.1 Å². The van der Waals surface area contributed by atoms with Gasteiger partial charge in [0.2, 0.25) is 5.95 Å². The molecule has 0 bridgehead atoms. The number of nitrogens with zero attached hydrogens (tertiary/aromatic N) is 4. The van der Waals surface area contributed by atoms with Crippen molar-refractivity contribution in [2.45, 2.75) is 4.58 Å². The Bertz CT molecular complexity index is 270. The number of nitrogens with one attached hydrogen (secondary N) is 1. The van der Waals surface area contributed by atoms with E-state index in [1.54, 1.807) is 4.68 Å². The summed E-state index contributed by atoms with van der Waals surface area (Å²) in [5.41, 5.74) is 0. The molecule has 72 valence electrons. The zero-order chi connectivity index (χ0) is 9.10. The third-order valence-electron chi connectivity index (χ3n) is 1.74. The van der Waals surface area contributed by atoms with Crippen LogP contribution in [0.25, 0.3) is 0 Å². The van der Waals surface area contributed by atoms with Crippen LogP contribution in [0.5, 0.6) is 0 Å². The van der Waals surface area contributed by atoms with Crippen molar-refractivity contribution in [3.63, 3.8) is 0 Å². The summed E-state index contributed by atoms with van der Waals surface area (Å²) in [5, 5.41) is 14.4. The summed E-state index contributed by atoms with van der Waals surface area (Å²) < 4.78 is 2.29. The second-order valence-corrected chi connectivity index (χ2v) is 5.60. The molecule has 1 aliphatic heterocycles. The first kappa shape index (κ1) is 9.14. The van der Waals surface area contributed by atoms with Crippen molar-refractivity contribution < 1.29 is 0 Å². The van der Waals surface area contributed by atoms with E-state index in [9.17, 15) is 0 Å². The second-order valence-electron chi connectivity index (χ2n) is 2.68. The molecular formula is C6H11N5S2. The summed E-state index contributed by atoms with van der Waals surface area (Å²) in [6, 6.07) is 0. The number of hydrogen-bond acceptors (Lipinski definition) is 6. The molecule has 1 N–H and O–H groups in total. The molecule has 7 heteroatoms. The van der Waals surface area contributed by atoms with Crippen LogP contribution in [0.15, 0.2) is 0 Å². The van der Waals surface area contributed by atoms with E-state index < -0.39 is 0 Å².